The van der Waals surface area contributed by atoms with E-state index >= 15 is 0 Å². The van der Waals surface area contributed by atoms with Crippen molar-refractivity contribution < 1.29 is 14.5 Å². The van der Waals surface area contributed by atoms with Crippen molar-refractivity contribution in [3.05, 3.63) is 57.2 Å². The van der Waals surface area contributed by atoms with Gasteiger partial charge in [-0.15, -0.1) is 0 Å². The van der Waals surface area contributed by atoms with E-state index in [-0.39, 0.29) is 16.8 Å². The Morgan fingerprint density at radius 1 is 1.08 bits per heavy atom. The van der Waals surface area contributed by atoms with E-state index in [2.05, 4.69) is 4.98 Å². The monoisotopic (exact) mass is 346 g/mol. The number of thiophene rings is 1. The Morgan fingerprint density at radius 2 is 1.75 bits per heavy atom. The van der Waals surface area contributed by atoms with Crippen LogP contribution in [-0.4, -0.2) is 57.7 Å². The summed E-state index contributed by atoms with van der Waals surface area (Å²) in [5, 5.41) is 10.7. The first-order valence-corrected chi connectivity index (χ1v) is 8.10. The lowest BCUT2D eigenvalue weighted by molar-refractivity contribution is -0.380. The summed E-state index contributed by atoms with van der Waals surface area (Å²) in [6, 6.07) is 6.22. The highest BCUT2D eigenvalue weighted by Gasteiger charge is 2.27. The van der Waals surface area contributed by atoms with Gasteiger partial charge in [0.05, 0.1) is 15.4 Å². The quantitative estimate of drug-likeness (QED) is 0.622. The molecule has 0 radical (unpaired) electrons. The fourth-order valence-electron chi connectivity index (χ4n) is 2.48. The third-order valence-corrected chi connectivity index (χ3v) is 4.77. The van der Waals surface area contributed by atoms with E-state index in [9.17, 15) is 19.7 Å². The molecule has 0 saturated carbocycles. The average Bonchev–Trinajstić information content (AvgIpc) is 3.12. The zero-order valence-corrected chi connectivity index (χ0v) is 13.4. The molecule has 124 valence electrons. The highest BCUT2D eigenvalue weighted by Crippen LogP contribution is 2.25. The van der Waals surface area contributed by atoms with E-state index in [0.717, 1.165) is 11.3 Å². The van der Waals surface area contributed by atoms with Crippen molar-refractivity contribution in [3.8, 4) is 0 Å². The number of hydrogen-bond donors (Lipinski definition) is 0. The van der Waals surface area contributed by atoms with Crippen LogP contribution < -0.4 is 0 Å². The summed E-state index contributed by atoms with van der Waals surface area (Å²) in [7, 11) is 0. The Kier molecular flexibility index (Phi) is 4.52. The summed E-state index contributed by atoms with van der Waals surface area (Å²) in [6.45, 7) is 1.65. The molecule has 1 aliphatic heterocycles. The van der Waals surface area contributed by atoms with Gasteiger partial charge in [0.2, 0.25) is 0 Å². The third kappa shape index (κ3) is 3.25. The zero-order valence-electron chi connectivity index (χ0n) is 12.6. The highest BCUT2D eigenvalue weighted by molar-refractivity contribution is 7.17. The molecule has 0 atom stereocenters. The minimum atomic E-state index is -0.508. The maximum Gasteiger partial charge on any atom is 0.324 e. The lowest BCUT2D eigenvalue weighted by Gasteiger charge is -2.34. The number of nitro groups is 1. The Morgan fingerprint density at radius 3 is 2.29 bits per heavy atom. The second-order valence-corrected chi connectivity index (χ2v) is 6.28. The molecule has 2 aromatic heterocycles. The second-order valence-electron chi connectivity index (χ2n) is 5.22. The molecular formula is C15H14N4O4S. The SMILES string of the molecule is O=C(c1cccnc1)N1CCN(C(=O)c2ccc([N+](=O)[O-])s2)CC1. The number of rotatable bonds is 3. The van der Waals surface area contributed by atoms with Gasteiger partial charge in [-0.05, 0) is 18.2 Å². The first kappa shape index (κ1) is 16.1. The predicted octanol–water partition coefficient (Wildman–Crippen LogP) is 1.65. The Hall–Kier alpha value is -2.81. The van der Waals surface area contributed by atoms with Crippen LogP contribution in [0.4, 0.5) is 5.00 Å². The number of piperazine rings is 1. The standard InChI is InChI=1S/C15H14N4O4S/c20-14(11-2-1-5-16-10-11)17-6-8-18(9-7-17)15(21)12-3-4-13(24-12)19(22)23/h1-5,10H,6-9H2. The molecule has 0 N–H and O–H groups in total. The van der Waals surface area contributed by atoms with Crippen molar-refractivity contribution in [2.45, 2.75) is 0 Å². The topological polar surface area (TPSA) is 96.7 Å². The Balaban J connectivity index is 1.61. The molecule has 2 aromatic rings. The molecule has 1 fully saturated rings. The largest absolute Gasteiger partial charge is 0.335 e. The number of carbonyl (C=O) groups is 2. The van der Waals surface area contributed by atoms with Crippen LogP contribution in [0.3, 0.4) is 0 Å². The molecule has 9 heteroatoms. The van der Waals surface area contributed by atoms with Crippen LogP contribution in [0.25, 0.3) is 0 Å². The number of hydrogen-bond acceptors (Lipinski definition) is 6. The fraction of sp³-hybridized carbons (Fsp3) is 0.267. The van der Waals surface area contributed by atoms with E-state index in [1.54, 1.807) is 28.1 Å². The van der Waals surface area contributed by atoms with E-state index in [0.29, 0.717) is 36.6 Å². The van der Waals surface area contributed by atoms with Crippen LogP contribution in [0.5, 0.6) is 0 Å². The van der Waals surface area contributed by atoms with Gasteiger partial charge >= 0.3 is 5.00 Å². The van der Waals surface area contributed by atoms with Crippen LogP contribution in [0.2, 0.25) is 0 Å². The molecule has 0 spiro atoms. The van der Waals surface area contributed by atoms with E-state index in [1.807, 2.05) is 0 Å². The van der Waals surface area contributed by atoms with Crippen molar-refractivity contribution in [2.75, 3.05) is 26.2 Å². The molecule has 1 aliphatic rings. The van der Waals surface area contributed by atoms with Gasteiger partial charge in [0.1, 0.15) is 0 Å². The molecule has 0 bridgehead atoms. The average molecular weight is 346 g/mol. The van der Waals surface area contributed by atoms with Gasteiger partial charge in [0.25, 0.3) is 11.8 Å². The van der Waals surface area contributed by atoms with Crippen molar-refractivity contribution in [2.24, 2.45) is 0 Å². The van der Waals surface area contributed by atoms with Gasteiger partial charge in [-0.25, -0.2) is 0 Å². The summed E-state index contributed by atoms with van der Waals surface area (Å²) >= 11 is 0.868. The van der Waals surface area contributed by atoms with E-state index < -0.39 is 4.92 Å². The fourth-order valence-corrected chi connectivity index (χ4v) is 3.27. The van der Waals surface area contributed by atoms with Crippen LogP contribution in [0, 0.1) is 10.1 Å². The number of amides is 2. The van der Waals surface area contributed by atoms with E-state index in [4.69, 9.17) is 0 Å². The van der Waals surface area contributed by atoms with Crippen LogP contribution >= 0.6 is 11.3 Å². The number of aromatic nitrogens is 1. The number of pyridine rings is 1. The molecule has 3 rings (SSSR count). The van der Waals surface area contributed by atoms with Crippen molar-refractivity contribution in [1.29, 1.82) is 0 Å². The predicted molar refractivity (Wildman–Crippen MR) is 87.0 cm³/mol. The summed E-state index contributed by atoms with van der Waals surface area (Å²) in [6.07, 6.45) is 3.12. The first-order chi connectivity index (χ1) is 11.6. The van der Waals surface area contributed by atoms with Crippen molar-refractivity contribution in [3.63, 3.8) is 0 Å². The summed E-state index contributed by atoms with van der Waals surface area (Å²) in [5.41, 5.74) is 0.520. The van der Waals surface area contributed by atoms with Gasteiger partial charge in [-0.1, -0.05) is 11.3 Å². The van der Waals surface area contributed by atoms with Gasteiger partial charge < -0.3 is 9.80 Å². The minimum Gasteiger partial charge on any atom is -0.335 e. The molecule has 2 amide bonds. The van der Waals surface area contributed by atoms with Crippen molar-refractivity contribution >= 4 is 28.2 Å². The van der Waals surface area contributed by atoms with Gasteiger partial charge in [-0.3, -0.25) is 24.7 Å². The van der Waals surface area contributed by atoms with Gasteiger partial charge in [0.15, 0.2) is 0 Å². The molecule has 0 aromatic carbocycles. The lowest BCUT2D eigenvalue weighted by atomic mass is 10.2. The minimum absolute atomic E-state index is 0.0521. The van der Waals surface area contributed by atoms with Crippen LogP contribution in [0.1, 0.15) is 20.0 Å². The molecular weight excluding hydrogens is 332 g/mol. The highest BCUT2D eigenvalue weighted by atomic mass is 32.1. The Labute approximate surface area is 141 Å². The van der Waals surface area contributed by atoms with E-state index in [1.165, 1.54) is 18.3 Å². The lowest BCUT2D eigenvalue weighted by Crippen LogP contribution is -2.50. The zero-order chi connectivity index (χ0) is 17.1. The maximum absolute atomic E-state index is 12.4. The maximum atomic E-state index is 12.4. The first-order valence-electron chi connectivity index (χ1n) is 7.29. The summed E-state index contributed by atoms with van der Waals surface area (Å²) in [4.78, 5) is 42.5. The molecule has 8 nitrogen and oxygen atoms in total. The normalized spacial score (nSPS) is 14.5. The molecule has 24 heavy (non-hydrogen) atoms. The van der Waals surface area contributed by atoms with Gasteiger partial charge in [0, 0.05) is 44.6 Å². The third-order valence-electron chi connectivity index (χ3n) is 3.75. The molecule has 3 heterocycles. The number of carbonyl (C=O) groups excluding carboxylic acids is 2. The van der Waals surface area contributed by atoms with Gasteiger partial charge in [-0.2, -0.15) is 0 Å². The second kappa shape index (κ2) is 6.75. The summed E-state index contributed by atoms with van der Waals surface area (Å²) < 4.78 is 0. The van der Waals surface area contributed by atoms with Crippen molar-refractivity contribution in [1.82, 2.24) is 14.8 Å². The number of nitrogens with zero attached hydrogens (tertiary/aromatic N) is 4. The van der Waals surface area contributed by atoms with Crippen LogP contribution in [0.15, 0.2) is 36.7 Å². The Bertz CT molecular complexity index is 769. The molecule has 1 saturated heterocycles. The van der Waals surface area contributed by atoms with Crippen LogP contribution in [-0.2, 0) is 0 Å². The molecule has 0 unspecified atom stereocenters. The molecule has 0 aliphatic carbocycles. The summed E-state index contributed by atoms with van der Waals surface area (Å²) in [5.74, 6) is -0.344. The smallest absolute Gasteiger partial charge is 0.324 e.